The lowest BCUT2D eigenvalue weighted by Crippen LogP contribution is -2.52. The first-order valence-electron chi connectivity index (χ1n) is 7.08. The summed E-state index contributed by atoms with van der Waals surface area (Å²) >= 11 is 0. The van der Waals surface area contributed by atoms with E-state index in [1.165, 1.54) is 51.4 Å². The van der Waals surface area contributed by atoms with Gasteiger partial charge in [0, 0.05) is 19.7 Å². The summed E-state index contributed by atoms with van der Waals surface area (Å²) in [6.45, 7) is 3.41. The van der Waals surface area contributed by atoms with Gasteiger partial charge < -0.3 is 10.1 Å². The molecular weight excluding hydrogens is 198 g/mol. The molecule has 2 rings (SSSR count). The molecule has 2 aliphatic carbocycles. The highest BCUT2D eigenvalue weighted by Crippen LogP contribution is 2.35. The molecule has 0 aromatic rings. The van der Waals surface area contributed by atoms with Crippen LogP contribution in [0, 0.1) is 5.92 Å². The molecule has 0 spiro atoms. The first-order valence-corrected chi connectivity index (χ1v) is 7.08. The Bertz CT molecular complexity index is 207. The van der Waals surface area contributed by atoms with Gasteiger partial charge in [0.05, 0.1) is 5.60 Å². The predicted molar refractivity (Wildman–Crippen MR) is 67.6 cm³/mol. The Morgan fingerprint density at radius 1 is 1.19 bits per heavy atom. The third-order valence-electron chi connectivity index (χ3n) is 4.82. The zero-order chi connectivity index (χ0) is 11.4. The molecule has 0 amide bonds. The lowest BCUT2D eigenvalue weighted by Gasteiger charge is -2.43. The average Bonchev–Trinajstić information content (AvgIpc) is 2.29. The highest BCUT2D eigenvalue weighted by molar-refractivity contribution is 4.93. The van der Waals surface area contributed by atoms with E-state index in [0.29, 0.717) is 0 Å². The second-order valence-corrected chi connectivity index (χ2v) is 5.68. The summed E-state index contributed by atoms with van der Waals surface area (Å²) < 4.78 is 5.67. The van der Waals surface area contributed by atoms with E-state index < -0.39 is 0 Å². The predicted octanol–water partition coefficient (Wildman–Crippen LogP) is 3.11. The zero-order valence-electron chi connectivity index (χ0n) is 10.9. The summed E-state index contributed by atoms with van der Waals surface area (Å²) in [5.74, 6) is 0.905. The summed E-state index contributed by atoms with van der Waals surface area (Å²) in [5, 5.41) is 3.79. The van der Waals surface area contributed by atoms with Crippen molar-refractivity contribution < 1.29 is 4.74 Å². The number of hydrogen-bond donors (Lipinski definition) is 1. The molecule has 0 aromatic carbocycles. The van der Waals surface area contributed by atoms with Gasteiger partial charge in [0.1, 0.15) is 0 Å². The van der Waals surface area contributed by atoms with Crippen molar-refractivity contribution >= 4 is 0 Å². The van der Waals surface area contributed by atoms with Gasteiger partial charge in [0.15, 0.2) is 0 Å². The van der Waals surface area contributed by atoms with Gasteiger partial charge >= 0.3 is 0 Å². The summed E-state index contributed by atoms with van der Waals surface area (Å²) in [4.78, 5) is 0. The molecule has 0 saturated heterocycles. The fourth-order valence-corrected chi connectivity index (χ4v) is 3.31. The minimum absolute atomic E-state index is 0.190. The van der Waals surface area contributed by atoms with Crippen LogP contribution in [-0.4, -0.2) is 25.3 Å². The quantitative estimate of drug-likeness (QED) is 0.776. The molecule has 94 valence electrons. The topological polar surface area (TPSA) is 21.3 Å². The van der Waals surface area contributed by atoms with Gasteiger partial charge in [0.2, 0.25) is 0 Å². The minimum Gasteiger partial charge on any atom is -0.377 e. The number of nitrogens with one attached hydrogen (secondary N) is 1. The van der Waals surface area contributed by atoms with Crippen LogP contribution in [0.3, 0.4) is 0 Å². The summed E-state index contributed by atoms with van der Waals surface area (Å²) in [7, 11) is 1.87. The Hall–Kier alpha value is -0.0800. The second kappa shape index (κ2) is 5.50. The molecule has 2 fully saturated rings. The number of rotatable bonds is 5. The Labute approximate surface area is 100 Å². The van der Waals surface area contributed by atoms with Crippen molar-refractivity contribution in [2.45, 2.75) is 69.9 Å². The third kappa shape index (κ3) is 2.60. The van der Waals surface area contributed by atoms with Crippen LogP contribution in [0.4, 0.5) is 0 Å². The van der Waals surface area contributed by atoms with Crippen molar-refractivity contribution in [1.82, 2.24) is 5.32 Å². The van der Waals surface area contributed by atoms with Gasteiger partial charge in [-0.25, -0.2) is 0 Å². The van der Waals surface area contributed by atoms with Gasteiger partial charge in [-0.3, -0.25) is 0 Å². The van der Waals surface area contributed by atoms with Crippen LogP contribution >= 0.6 is 0 Å². The van der Waals surface area contributed by atoms with Gasteiger partial charge in [-0.2, -0.15) is 0 Å². The van der Waals surface area contributed by atoms with E-state index in [1.54, 1.807) is 0 Å². The van der Waals surface area contributed by atoms with Gasteiger partial charge in [-0.1, -0.05) is 26.2 Å². The fourth-order valence-electron chi connectivity index (χ4n) is 3.31. The van der Waals surface area contributed by atoms with Crippen LogP contribution in [-0.2, 0) is 4.74 Å². The molecule has 2 aliphatic rings. The second-order valence-electron chi connectivity index (χ2n) is 5.68. The third-order valence-corrected chi connectivity index (χ3v) is 4.82. The molecule has 1 N–H and O–H groups in total. The van der Waals surface area contributed by atoms with E-state index >= 15 is 0 Å². The molecule has 2 atom stereocenters. The van der Waals surface area contributed by atoms with Crippen molar-refractivity contribution in [2.24, 2.45) is 5.92 Å². The first kappa shape index (κ1) is 12.4. The van der Waals surface area contributed by atoms with Crippen molar-refractivity contribution in [1.29, 1.82) is 0 Å². The molecular formula is C14H27NO. The molecule has 16 heavy (non-hydrogen) atoms. The van der Waals surface area contributed by atoms with E-state index in [-0.39, 0.29) is 5.60 Å². The lowest BCUT2D eigenvalue weighted by molar-refractivity contribution is -0.0724. The molecule has 0 bridgehead atoms. The van der Waals surface area contributed by atoms with Crippen molar-refractivity contribution in [3.63, 3.8) is 0 Å². The standard InChI is InChI=1S/C14H27NO/c1-3-12-7-4-5-8-13(12)15-11-14(16-2)9-6-10-14/h12-13,15H,3-11H2,1-2H3. The highest BCUT2D eigenvalue weighted by Gasteiger charge is 2.37. The van der Waals surface area contributed by atoms with E-state index in [9.17, 15) is 0 Å². The van der Waals surface area contributed by atoms with E-state index in [0.717, 1.165) is 18.5 Å². The zero-order valence-corrected chi connectivity index (χ0v) is 10.9. The van der Waals surface area contributed by atoms with Crippen molar-refractivity contribution in [3.05, 3.63) is 0 Å². The van der Waals surface area contributed by atoms with Crippen molar-refractivity contribution in [2.75, 3.05) is 13.7 Å². The minimum atomic E-state index is 0.190. The van der Waals surface area contributed by atoms with Crippen LogP contribution in [0.1, 0.15) is 58.3 Å². The average molecular weight is 225 g/mol. The summed E-state index contributed by atoms with van der Waals surface area (Å²) in [6.07, 6.45) is 10.8. The number of ether oxygens (including phenoxy) is 1. The van der Waals surface area contributed by atoms with Gasteiger partial charge in [0.25, 0.3) is 0 Å². The number of hydrogen-bond acceptors (Lipinski definition) is 2. The number of methoxy groups -OCH3 is 1. The van der Waals surface area contributed by atoms with E-state index in [4.69, 9.17) is 4.74 Å². The highest BCUT2D eigenvalue weighted by atomic mass is 16.5. The fraction of sp³-hybridized carbons (Fsp3) is 1.00. The monoisotopic (exact) mass is 225 g/mol. The molecule has 0 aromatic heterocycles. The molecule has 2 heteroatoms. The molecule has 0 aliphatic heterocycles. The van der Waals surface area contributed by atoms with Gasteiger partial charge in [-0.05, 0) is 38.0 Å². The maximum Gasteiger partial charge on any atom is 0.0802 e. The SMILES string of the molecule is CCC1CCCCC1NCC1(OC)CCC1. The normalized spacial score (nSPS) is 33.4. The summed E-state index contributed by atoms with van der Waals surface area (Å²) in [5.41, 5.74) is 0.190. The Kier molecular flexibility index (Phi) is 4.26. The largest absolute Gasteiger partial charge is 0.377 e. The van der Waals surface area contributed by atoms with Crippen LogP contribution in [0.2, 0.25) is 0 Å². The Morgan fingerprint density at radius 2 is 1.94 bits per heavy atom. The molecule has 0 radical (unpaired) electrons. The van der Waals surface area contributed by atoms with Crippen LogP contribution < -0.4 is 5.32 Å². The van der Waals surface area contributed by atoms with Crippen LogP contribution in [0.25, 0.3) is 0 Å². The molecule has 2 saturated carbocycles. The smallest absolute Gasteiger partial charge is 0.0802 e. The van der Waals surface area contributed by atoms with Crippen LogP contribution in [0.15, 0.2) is 0 Å². The molecule has 2 unspecified atom stereocenters. The van der Waals surface area contributed by atoms with Gasteiger partial charge in [-0.15, -0.1) is 0 Å². The maximum absolute atomic E-state index is 5.67. The maximum atomic E-state index is 5.67. The van der Waals surface area contributed by atoms with E-state index in [2.05, 4.69) is 12.2 Å². The summed E-state index contributed by atoms with van der Waals surface area (Å²) in [6, 6.07) is 0.756. The van der Waals surface area contributed by atoms with Crippen molar-refractivity contribution in [3.8, 4) is 0 Å². The lowest BCUT2D eigenvalue weighted by atomic mass is 9.78. The Morgan fingerprint density at radius 3 is 2.50 bits per heavy atom. The Balaban J connectivity index is 1.79. The first-order chi connectivity index (χ1) is 7.79. The molecule has 0 heterocycles. The molecule has 2 nitrogen and oxygen atoms in total. The van der Waals surface area contributed by atoms with Crippen LogP contribution in [0.5, 0.6) is 0 Å². The van der Waals surface area contributed by atoms with E-state index in [1.807, 2.05) is 7.11 Å².